The summed E-state index contributed by atoms with van der Waals surface area (Å²) in [5.41, 5.74) is 3.49. The van der Waals surface area contributed by atoms with Crippen molar-refractivity contribution in [3.05, 3.63) is 53.3 Å². The van der Waals surface area contributed by atoms with Crippen molar-refractivity contribution in [3.63, 3.8) is 0 Å². The molecule has 4 rings (SSSR count). The van der Waals surface area contributed by atoms with Crippen molar-refractivity contribution in [2.75, 3.05) is 19.7 Å². The highest BCUT2D eigenvalue weighted by Gasteiger charge is 2.24. The van der Waals surface area contributed by atoms with Crippen LogP contribution in [0.15, 0.2) is 46.5 Å². The fourth-order valence-electron chi connectivity index (χ4n) is 4.20. The topological polar surface area (TPSA) is 64.4 Å². The van der Waals surface area contributed by atoms with Crippen molar-refractivity contribution in [1.82, 2.24) is 13.9 Å². The molecule has 9 heteroatoms. The van der Waals surface area contributed by atoms with Crippen LogP contribution in [-0.2, 0) is 27.1 Å². The van der Waals surface area contributed by atoms with Crippen molar-refractivity contribution in [2.24, 2.45) is 0 Å². The molecule has 0 bridgehead atoms. The third kappa shape index (κ3) is 5.11. The molecular weight excluding hydrogens is 461 g/mol. The summed E-state index contributed by atoms with van der Waals surface area (Å²) < 4.78 is 49.0. The van der Waals surface area contributed by atoms with Gasteiger partial charge < -0.3 is 9.30 Å². The van der Waals surface area contributed by atoms with E-state index >= 15 is 0 Å². The van der Waals surface area contributed by atoms with Gasteiger partial charge in [-0.3, -0.25) is 0 Å². The number of aryl methyl sites for hydroxylation is 1. The smallest absolute Gasteiger partial charge is 0.243 e. The first-order valence-electron chi connectivity index (χ1n) is 11.3. The maximum atomic E-state index is 13.5. The summed E-state index contributed by atoms with van der Waals surface area (Å²) >= 11 is 1.57. The Morgan fingerprint density at radius 1 is 1.21 bits per heavy atom. The molecule has 0 amide bonds. The van der Waals surface area contributed by atoms with E-state index in [1.54, 1.807) is 30.0 Å². The number of hydrogen-bond acceptors (Lipinski definition) is 5. The molecule has 2 heterocycles. The summed E-state index contributed by atoms with van der Waals surface area (Å²) in [6.07, 6.45) is 2.16. The highest BCUT2D eigenvalue weighted by atomic mass is 32.2. The Morgan fingerprint density at radius 3 is 2.67 bits per heavy atom. The average Bonchev–Trinajstić information content (AvgIpc) is 3.42. The number of thioether (sulfide) groups is 1. The minimum atomic E-state index is -3.57. The van der Waals surface area contributed by atoms with Crippen molar-refractivity contribution >= 4 is 32.8 Å². The van der Waals surface area contributed by atoms with Gasteiger partial charge in [-0.2, -0.15) is 4.31 Å². The SMILES string of the molecule is CCN(CC)S(=O)(=O)c1ccc2c(c1)nc(SCc1ccc(F)cc1C)n2C[C@H]1CCCO1. The standard InChI is InChI=1S/C24H30FN3O3S2/c1-4-27(5-2)33(29,30)21-10-11-23-22(14-21)26-24(28(23)15-20-7-6-12-31-20)32-16-18-8-9-19(25)13-17(18)3/h8-11,13-14,20H,4-7,12,15-16H2,1-3H3/t20-/m1/s1. The van der Waals surface area contributed by atoms with Gasteiger partial charge in [0.2, 0.25) is 10.0 Å². The van der Waals surface area contributed by atoms with Crippen LogP contribution >= 0.6 is 11.8 Å². The molecule has 2 aromatic carbocycles. The number of imidazole rings is 1. The van der Waals surface area contributed by atoms with E-state index in [2.05, 4.69) is 4.57 Å². The van der Waals surface area contributed by atoms with Crippen LogP contribution in [0, 0.1) is 12.7 Å². The maximum Gasteiger partial charge on any atom is 0.243 e. The van der Waals surface area contributed by atoms with E-state index in [4.69, 9.17) is 9.72 Å². The fourth-order valence-corrected chi connectivity index (χ4v) is 6.78. The lowest BCUT2D eigenvalue weighted by atomic mass is 10.1. The minimum absolute atomic E-state index is 0.119. The number of hydrogen-bond donors (Lipinski definition) is 0. The van der Waals surface area contributed by atoms with Crippen LogP contribution in [0.3, 0.4) is 0 Å². The van der Waals surface area contributed by atoms with E-state index in [-0.39, 0.29) is 16.8 Å². The molecule has 1 fully saturated rings. The zero-order chi connectivity index (χ0) is 23.6. The zero-order valence-electron chi connectivity index (χ0n) is 19.3. The van der Waals surface area contributed by atoms with Gasteiger partial charge in [0.1, 0.15) is 5.82 Å². The second-order valence-corrected chi connectivity index (χ2v) is 11.1. The van der Waals surface area contributed by atoms with E-state index in [0.29, 0.717) is 30.9 Å². The molecule has 6 nitrogen and oxygen atoms in total. The van der Waals surface area contributed by atoms with Crippen LogP contribution in [0.2, 0.25) is 0 Å². The Hall–Kier alpha value is -1.94. The Bertz CT molecular complexity index is 1230. The van der Waals surface area contributed by atoms with Crippen molar-refractivity contribution < 1.29 is 17.5 Å². The number of aromatic nitrogens is 2. The Kier molecular flexibility index (Phi) is 7.43. The third-order valence-electron chi connectivity index (χ3n) is 6.10. The van der Waals surface area contributed by atoms with Crippen LogP contribution in [0.5, 0.6) is 0 Å². The lowest BCUT2D eigenvalue weighted by Gasteiger charge is -2.18. The van der Waals surface area contributed by atoms with E-state index in [1.807, 2.05) is 26.8 Å². The normalized spacial score (nSPS) is 16.8. The second-order valence-electron chi connectivity index (χ2n) is 8.24. The lowest BCUT2D eigenvalue weighted by Crippen LogP contribution is -2.30. The molecule has 0 N–H and O–H groups in total. The Balaban J connectivity index is 1.70. The van der Waals surface area contributed by atoms with Gasteiger partial charge in [0.05, 0.1) is 28.6 Å². The van der Waals surface area contributed by atoms with Gasteiger partial charge in [-0.05, 0) is 61.2 Å². The largest absolute Gasteiger partial charge is 0.376 e. The zero-order valence-corrected chi connectivity index (χ0v) is 20.9. The molecule has 0 radical (unpaired) electrons. The maximum absolute atomic E-state index is 13.5. The molecule has 178 valence electrons. The van der Waals surface area contributed by atoms with Crippen molar-refractivity contribution in [2.45, 2.75) is 62.1 Å². The molecular formula is C24H30FN3O3S2. The molecule has 33 heavy (non-hydrogen) atoms. The van der Waals surface area contributed by atoms with E-state index in [1.165, 1.54) is 16.4 Å². The Labute approximate surface area is 199 Å². The predicted octanol–water partition coefficient (Wildman–Crippen LogP) is 4.99. The average molecular weight is 492 g/mol. The van der Waals surface area contributed by atoms with E-state index < -0.39 is 10.0 Å². The fraction of sp³-hybridized carbons (Fsp3) is 0.458. The lowest BCUT2D eigenvalue weighted by molar-refractivity contribution is 0.0960. The molecule has 0 unspecified atom stereocenters. The molecule has 1 aliphatic heterocycles. The summed E-state index contributed by atoms with van der Waals surface area (Å²) in [4.78, 5) is 5.07. The quantitative estimate of drug-likeness (QED) is 0.395. The molecule has 1 atom stereocenters. The second kappa shape index (κ2) is 10.1. The van der Waals surface area contributed by atoms with Crippen LogP contribution in [0.25, 0.3) is 11.0 Å². The van der Waals surface area contributed by atoms with Crippen molar-refractivity contribution in [3.8, 4) is 0 Å². The molecule has 0 spiro atoms. The summed E-state index contributed by atoms with van der Waals surface area (Å²) in [6.45, 7) is 7.85. The third-order valence-corrected chi connectivity index (χ3v) is 9.17. The van der Waals surface area contributed by atoms with Gasteiger partial charge in [0.25, 0.3) is 0 Å². The van der Waals surface area contributed by atoms with Gasteiger partial charge in [0, 0.05) is 25.4 Å². The number of sulfonamides is 1. The number of halogens is 1. The molecule has 0 aliphatic carbocycles. The summed E-state index contributed by atoms with van der Waals surface area (Å²) in [7, 11) is -3.57. The summed E-state index contributed by atoms with van der Waals surface area (Å²) in [5.74, 6) is 0.403. The predicted molar refractivity (Wildman–Crippen MR) is 130 cm³/mol. The molecule has 1 aliphatic rings. The number of fused-ring (bicyclic) bond motifs is 1. The van der Waals surface area contributed by atoms with Crippen molar-refractivity contribution in [1.29, 1.82) is 0 Å². The molecule has 1 saturated heterocycles. The number of nitrogens with zero attached hydrogens (tertiary/aromatic N) is 3. The van der Waals surface area contributed by atoms with Gasteiger partial charge in [-0.15, -0.1) is 0 Å². The molecule has 0 saturated carbocycles. The van der Waals surface area contributed by atoms with Crippen LogP contribution in [0.4, 0.5) is 4.39 Å². The highest BCUT2D eigenvalue weighted by Crippen LogP contribution is 2.31. The molecule has 3 aromatic rings. The number of rotatable bonds is 9. The summed E-state index contributed by atoms with van der Waals surface area (Å²) in [6, 6.07) is 10.0. The van der Waals surface area contributed by atoms with Crippen LogP contribution in [0.1, 0.15) is 37.8 Å². The van der Waals surface area contributed by atoms with E-state index in [0.717, 1.165) is 41.2 Å². The Morgan fingerprint density at radius 2 is 2.00 bits per heavy atom. The van der Waals surface area contributed by atoms with Gasteiger partial charge in [-0.1, -0.05) is 31.7 Å². The first kappa shape index (κ1) is 24.2. The number of ether oxygens (including phenoxy) is 1. The number of benzene rings is 2. The van der Waals surface area contributed by atoms with Gasteiger partial charge >= 0.3 is 0 Å². The highest BCUT2D eigenvalue weighted by molar-refractivity contribution is 7.98. The van der Waals surface area contributed by atoms with Gasteiger partial charge in [0.15, 0.2) is 5.16 Å². The minimum Gasteiger partial charge on any atom is -0.376 e. The van der Waals surface area contributed by atoms with Crippen LogP contribution in [-0.4, -0.2) is 48.1 Å². The monoisotopic (exact) mass is 491 g/mol. The van der Waals surface area contributed by atoms with E-state index in [9.17, 15) is 12.8 Å². The molecule has 1 aromatic heterocycles. The van der Waals surface area contributed by atoms with Crippen LogP contribution < -0.4 is 0 Å². The summed E-state index contributed by atoms with van der Waals surface area (Å²) in [5, 5.41) is 0.807. The first-order valence-corrected chi connectivity index (χ1v) is 13.8. The first-order chi connectivity index (χ1) is 15.8. The van der Waals surface area contributed by atoms with Gasteiger partial charge in [-0.25, -0.2) is 17.8 Å².